The fourth-order valence-electron chi connectivity index (χ4n) is 1.74. The molecular formula is C14H11ClN2O3. The Hall–Kier alpha value is -2.40. The molecule has 0 atom stereocenters. The van der Waals surface area contributed by atoms with Crippen LogP contribution in [-0.4, -0.2) is 10.8 Å². The molecule has 20 heavy (non-hydrogen) atoms. The highest BCUT2D eigenvalue weighted by Crippen LogP contribution is 2.27. The number of non-ortho nitro benzene ring substituents is 1. The SMILES string of the molecule is Cc1ccccc1C(=O)Nc1ccc([N+](=O)[O-])cc1Cl. The summed E-state index contributed by atoms with van der Waals surface area (Å²) in [5.41, 5.74) is 1.58. The maximum atomic E-state index is 12.1. The number of nitrogens with zero attached hydrogens (tertiary/aromatic N) is 1. The molecule has 0 saturated heterocycles. The average Bonchev–Trinajstić information content (AvgIpc) is 2.41. The van der Waals surface area contributed by atoms with Crippen LogP contribution in [0.5, 0.6) is 0 Å². The number of halogens is 1. The van der Waals surface area contributed by atoms with Crippen LogP contribution < -0.4 is 5.32 Å². The zero-order valence-electron chi connectivity index (χ0n) is 10.6. The summed E-state index contributed by atoms with van der Waals surface area (Å²) < 4.78 is 0. The molecule has 0 bridgehead atoms. The molecule has 0 unspecified atom stereocenters. The van der Waals surface area contributed by atoms with E-state index < -0.39 is 4.92 Å². The number of aryl methyl sites for hydroxylation is 1. The zero-order chi connectivity index (χ0) is 14.7. The predicted octanol–water partition coefficient (Wildman–Crippen LogP) is 3.81. The van der Waals surface area contributed by atoms with Gasteiger partial charge in [-0.05, 0) is 24.6 Å². The third-order valence-electron chi connectivity index (χ3n) is 2.80. The third kappa shape index (κ3) is 2.95. The van der Waals surface area contributed by atoms with Crippen molar-refractivity contribution >= 4 is 28.9 Å². The van der Waals surface area contributed by atoms with Gasteiger partial charge in [0.2, 0.25) is 0 Å². The molecule has 0 aliphatic carbocycles. The van der Waals surface area contributed by atoms with E-state index in [4.69, 9.17) is 11.6 Å². The second-order valence-electron chi connectivity index (χ2n) is 4.19. The Morgan fingerprint density at radius 2 is 1.95 bits per heavy atom. The van der Waals surface area contributed by atoms with Crippen LogP contribution in [0, 0.1) is 17.0 Å². The quantitative estimate of drug-likeness (QED) is 0.690. The standard InChI is InChI=1S/C14H11ClN2O3/c1-9-4-2-3-5-11(9)14(18)16-13-7-6-10(17(19)20)8-12(13)15/h2-8H,1H3,(H,16,18). The number of carbonyl (C=O) groups is 1. The van der Waals surface area contributed by atoms with Gasteiger partial charge in [-0.3, -0.25) is 14.9 Å². The minimum atomic E-state index is -0.543. The molecule has 2 rings (SSSR count). The molecule has 0 aliphatic heterocycles. The van der Waals surface area contributed by atoms with Gasteiger partial charge in [-0.15, -0.1) is 0 Å². The van der Waals surface area contributed by atoms with Crippen LogP contribution in [0.3, 0.4) is 0 Å². The monoisotopic (exact) mass is 290 g/mol. The summed E-state index contributed by atoms with van der Waals surface area (Å²) in [5.74, 6) is -0.307. The number of anilines is 1. The number of hydrogen-bond donors (Lipinski definition) is 1. The zero-order valence-corrected chi connectivity index (χ0v) is 11.3. The molecule has 6 heteroatoms. The van der Waals surface area contributed by atoms with Crippen LogP contribution in [0.1, 0.15) is 15.9 Å². The van der Waals surface area contributed by atoms with Crippen LogP contribution >= 0.6 is 11.6 Å². The number of amides is 1. The Morgan fingerprint density at radius 3 is 2.55 bits per heavy atom. The normalized spacial score (nSPS) is 10.1. The first-order valence-electron chi connectivity index (χ1n) is 5.80. The Balaban J connectivity index is 2.25. The van der Waals surface area contributed by atoms with Crippen LogP contribution in [0.4, 0.5) is 11.4 Å². The first-order chi connectivity index (χ1) is 9.49. The molecule has 1 amide bonds. The highest BCUT2D eigenvalue weighted by molar-refractivity contribution is 6.34. The summed E-state index contributed by atoms with van der Waals surface area (Å²) in [6.07, 6.45) is 0. The van der Waals surface area contributed by atoms with Gasteiger partial charge in [0.25, 0.3) is 11.6 Å². The Morgan fingerprint density at radius 1 is 1.25 bits per heavy atom. The van der Waals surface area contributed by atoms with E-state index in [1.54, 1.807) is 12.1 Å². The van der Waals surface area contributed by atoms with Crippen molar-refractivity contribution in [2.24, 2.45) is 0 Å². The second kappa shape index (κ2) is 5.71. The van der Waals surface area contributed by atoms with Crippen molar-refractivity contribution in [3.05, 3.63) is 68.7 Å². The maximum Gasteiger partial charge on any atom is 0.271 e. The first kappa shape index (κ1) is 14.0. The average molecular weight is 291 g/mol. The second-order valence-corrected chi connectivity index (χ2v) is 4.60. The molecule has 0 aromatic heterocycles. The van der Waals surface area contributed by atoms with Gasteiger partial charge in [0, 0.05) is 17.7 Å². The van der Waals surface area contributed by atoms with Gasteiger partial charge in [0.05, 0.1) is 15.6 Å². The van der Waals surface area contributed by atoms with Gasteiger partial charge in [-0.2, -0.15) is 0 Å². The van der Waals surface area contributed by atoms with E-state index in [0.29, 0.717) is 11.3 Å². The number of carbonyl (C=O) groups excluding carboxylic acids is 1. The lowest BCUT2D eigenvalue weighted by Crippen LogP contribution is -2.13. The molecule has 0 fully saturated rings. The smallest absolute Gasteiger partial charge is 0.271 e. The third-order valence-corrected chi connectivity index (χ3v) is 3.11. The molecule has 1 N–H and O–H groups in total. The van der Waals surface area contributed by atoms with Crippen molar-refractivity contribution in [2.75, 3.05) is 5.32 Å². The fourth-order valence-corrected chi connectivity index (χ4v) is 1.96. The molecule has 2 aromatic rings. The van der Waals surface area contributed by atoms with Crippen molar-refractivity contribution in [3.8, 4) is 0 Å². The van der Waals surface area contributed by atoms with E-state index in [1.807, 2.05) is 19.1 Å². The van der Waals surface area contributed by atoms with Gasteiger partial charge in [0.1, 0.15) is 0 Å². The fraction of sp³-hybridized carbons (Fsp3) is 0.0714. The lowest BCUT2D eigenvalue weighted by atomic mass is 10.1. The summed E-state index contributed by atoms with van der Waals surface area (Å²) in [6.45, 7) is 1.83. The van der Waals surface area contributed by atoms with E-state index in [-0.39, 0.29) is 16.6 Å². The van der Waals surface area contributed by atoms with Crippen molar-refractivity contribution in [1.82, 2.24) is 0 Å². The van der Waals surface area contributed by atoms with E-state index in [9.17, 15) is 14.9 Å². The van der Waals surface area contributed by atoms with Gasteiger partial charge in [-0.25, -0.2) is 0 Å². The van der Waals surface area contributed by atoms with Gasteiger partial charge >= 0.3 is 0 Å². The summed E-state index contributed by atoms with van der Waals surface area (Å²) in [4.78, 5) is 22.2. The summed E-state index contributed by atoms with van der Waals surface area (Å²) in [5, 5.41) is 13.4. The molecule has 2 aromatic carbocycles. The van der Waals surface area contributed by atoms with Gasteiger partial charge < -0.3 is 5.32 Å². The minimum Gasteiger partial charge on any atom is -0.321 e. The first-order valence-corrected chi connectivity index (χ1v) is 6.18. The van der Waals surface area contributed by atoms with E-state index >= 15 is 0 Å². The van der Waals surface area contributed by atoms with Crippen LogP contribution in [0.25, 0.3) is 0 Å². The molecular weight excluding hydrogens is 280 g/mol. The number of benzene rings is 2. The van der Waals surface area contributed by atoms with Crippen molar-refractivity contribution in [2.45, 2.75) is 6.92 Å². The molecule has 102 valence electrons. The summed E-state index contributed by atoms with van der Waals surface area (Å²) >= 11 is 5.93. The number of nitro groups is 1. The van der Waals surface area contributed by atoms with Crippen molar-refractivity contribution in [3.63, 3.8) is 0 Å². The lowest BCUT2D eigenvalue weighted by Gasteiger charge is -2.08. The largest absolute Gasteiger partial charge is 0.321 e. The lowest BCUT2D eigenvalue weighted by molar-refractivity contribution is -0.384. The topological polar surface area (TPSA) is 72.2 Å². The Kier molecular flexibility index (Phi) is 4.00. The molecule has 5 nitrogen and oxygen atoms in total. The Labute approximate surface area is 120 Å². The molecule has 0 saturated carbocycles. The molecule has 0 spiro atoms. The molecule has 0 aliphatic rings. The highest BCUT2D eigenvalue weighted by atomic mass is 35.5. The van der Waals surface area contributed by atoms with Gasteiger partial charge in [0.15, 0.2) is 0 Å². The molecule has 0 heterocycles. The van der Waals surface area contributed by atoms with E-state index in [0.717, 1.165) is 5.56 Å². The summed E-state index contributed by atoms with van der Waals surface area (Å²) in [6, 6.07) is 11.0. The van der Waals surface area contributed by atoms with E-state index in [1.165, 1.54) is 18.2 Å². The van der Waals surface area contributed by atoms with Crippen molar-refractivity contribution in [1.29, 1.82) is 0 Å². The van der Waals surface area contributed by atoms with E-state index in [2.05, 4.69) is 5.32 Å². The Bertz CT molecular complexity index is 686. The number of hydrogen-bond acceptors (Lipinski definition) is 3. The minimum absolute atomic E-state index is 0.121. The molecule has 0 radical (unpaired) electrons. The van der Waals surface area contributed by atoms with Crippen LogP contribution in [-0.2, 0) is 0 Å². The number of nitrogens with one attached hydrogen (secondary N) is 1. The van der Waals surface area contributed by atoms with Crippen LogP contribution in [0.15, 0.2) is 42.5 Å². The highest BCUT2D eigenvalue weighted by Gasteiger charge is 2.13. The number of nitro benzene ring substituents is 1. The summed E-state index contributed by atoms with van der Waals surface area (Å²) in [7, 11) is 0. The number of rotatable bonds is 3. The van der Waals surface area contributed by atoms with Crippen LogP contribution in [0.2, 0.25) is 5.02 Å². The van der Waals surface area contributed by atoms with Crippen molar-refractivity contribution < 1.29 is 9.72 Å². The predicted molar refractivity (Wildman–Crippen MR) is 77.2 cm³/mol. The maximum absolute atomic E-state index is 12.1. The van der Waals surface area contributed by atoms with Gasteiger partial charge in [-0.1, -0.05) is 29.8 Å².